The highest BCUT2D eigenvalue weighted by atomic mass is 16.6. The fourth-order valence-electron chi connectivity index (χ4n) is 2.83. The van der Waals surface area contributed by atoms with Gasteiger partial charge in [0.15, 0.2) is 0 Å². The van der Waals surface area contributed by atoms with Gasteiger partial charge >= 0.3 is 5.97 Å². The second-order valence-corrected chi connectivity index (χ2v) is 5.59. The van der Waals surface area contributed by atoms with Crippen molar-refractivity contribution in [3.63, 3.8) is 0 Å². The Labute approximate surface area is 127 Å². The Kier molecular flexibility index (Phi) is 6.79. The highest BCUT2D eigenvalue weighted by Crippen LogP contribution is 2.46. The van der Waals surface area contributed by atoms with Crippen molar-refractivity contribution in [2.45, 2.75) is 65.4 Å². The van der Waals surface area contributed by atoms with Crippen LogP contribution in [0.2, 0.25) is 0 Å². The summed E-state index contributed by atoms with van der Waals surface area (Å²) in [6.07, 6.45) is 7.98. The van der Waals surface area contributed by atoms with Crippen LogP contribution in [0.25, 0.3) is 0 Å². The maximum atomic E-state index is 11.3. The van der Waals surface area contributed by atoms with E-state index in [4.69, 9.17) is 9.47 Å². The predicted octanol–water partition coefficient (Wildman–Crippen LogP) is 4.27. The number of hydrogen-bond acceptors (Lipinski definition) is 4. The SMILES string of the molecule is CCCCC1=C(O)OC1(C)C(CC)C/C=C/C(=O)OCC. The minimum absolute atomic E-state index is 0.0961. The van der Waals surface area contributed by atoms with E-state index in [1.54, 1.807) is 6.92 Å². The number of esters is 1. The van der Waals surface area contributed by atoms with E-state index >= 15 is 0 Å². The Balaban J connectivity index is 2.65. The second kappa shape index (κ2) is 8.11. The van der Waals surface area contributed by atoms with Crippen molar-refractivity contribution in [3.8, 4) is 0 Å². The van der Waals surface area contributed by atoms with Gasteiger partial charge in [0.05, 0.1) is 12.2 Å². The lowest BCUT2D eigenvalue weighted by Gasteiger charge is -2.46. The molecule has 4 heteroatoms. The Bertz CT molecular complexity index is 411. The maximum Gasteiger partial charge on any atom is 0.330 e. The summed E-state index contributed by atoms with van der Waals surface area (Å²) in [6.45, 7) is 8.44. The molecule has 1 aliphatic heterocycles. The molecule has 1 N–H and O–H groups in total. The molecule has 2 unspecified atom stereocenters. The van der Waals surface area contributed by atoms with Crippen LogP contribution in [0.15, 0.2) is 23.7 Å². The van der Waals surface area contributed by atoms with Gasteiger partial charge in [-0.1, -0.05) is 26.3 Å². The standard InChI is InChI=1S/C17H28O4/c1-5-8-11-14-16(19)21-17(14,4)13(6-2)10-9-12-15(18)20-7-3/h9,12-13,19H,5-8,10-11H2,1-4H3/b12-9+. The van der Waals surface area contributed by atoms with Gasteiger partial charge in [-0.3, -0.25) is 0 Å². The molecule has 0 radical (unpaired) electrons. The van der Waals surface area contributed by atoms with Crippen LogP contribution in [-0.2, 0) is 14.3 Å². The molecule has 0 aromatic carbocycles. The van der Waals surface area contributed by atoms with Crippen molar-refractivity contribution in [3.05, 3.63) is 23.7 Å². The number of allylic oxidation sites excluding steroid dienone is 1. The Hall–Kier alpha value is -1.45. The zero-order valence-electron chi connectivity index (χ0n) is 13.6. The zero-order chi connectivity index (χ0) is 15.9. The van der Waals surface area contributed by atoms with E-state index < -0.39 is 5.60 Å². The molecular formula is C17H28O4. The maximum absolute atomic E-state index is 11.3. The van der Waals surface area contributed by atoms with Crippen molar-refractivity contribution in [2.75, 3.05) is 6.61 Å². The second-order valence-electron chi connectivity index (χ2n) is 5.59. The molecule has 120 valence electrons. The van der Waals surface area contributed by atoms with Crippen LogP contribution in [0.3, 0.4) is 0 Å². The normalized spacial score (nSPS) is 22.9. The molecule has 4 nitrogen and oxygen atoms in total. The van der Waals surface area contributed by atoms with Crippen LogP contribution >= 0.6 is 0 Å². The first-order chi connectivity index (χ1) is 9.99. The number of aliphatic hydroxyl groups is 1. The number of unbranched alkanes of at least 4 members (excludes halogenated alkanes) is 1. The molecule has 0 spiro atoms. The molecule has 0 amide bonds. The minimum atomic E-state index is -0.410. The van der Waals surface area contributed by atoms with Gasteiger partial charge in [-0.25, -0.2) is 4.79 Å². The van der Waals surface area contributed by atoms with E-state index in [1.165, 1.54) is 6.08 Å². The third-order valence-corrected chi connectivity index (χ3v) is 4.18. The van der Waals surface area contributed by atoms with Crippen molar-refractivity contribution in [1.82, 2.24) is 0 Å². The van der Waals surface area contributed by atoms with Gasteiger partial charge in [0, 0.05) is 12.0 Å². The van der Waals surface area contributed by atoms with Gasteiger partial charge in [-0.05, 0) is 39.5 Å². The Morgan fingerprint density at radius 3 is 2.67 bits per heavy atom. The van der Waals surface area contributed by atoms with Gasteiger partial charge in [0.25, 0.3) is 5.95 Å². The van der Waals surface area contributed by atoms with Crippen molar-refractivity contribution in [2.24, 2.45) is 5.92 Å². The monoisotopic (exact) mass is 296 g/mol. The fourth-order valence-corrected chi connectivity index (χ4v) is 2.83. The Morgan fingerprint density at radius 2 is 2.14 bits per heavy atom. The largest absolute Gasteiger partial charge is 0.481 e. The number of ether oxygens (including phenoxy) is 2. The van der Waals surface area contributed by atoms with E-state index in [9.17, 15) is 9.90 Å². The highest BCUT2D eigenvalue weighted by Gasteiger charge is 2.48. The summed E-state index contributed by atoms with van der Waals surface area (Å²) in [6, 6.07) is 0. The van der Waals surface area contributed by atoms with Crippen LogP contribution in [0.4, 0.5) is 0 Å². The fraction of sp³-hybridized carbons (Fsp3) is 0.706. The molecule has 1 heterocycles. The first-order valence-corrected chi connectivity index (χ1v) is 7.94. The molecular weight excluding hydrogens is 268 g/mol. The molecule has 0 bridgehead atoms. The van der Waals surface area contributed by atoms with Crippen molar-refractivity contribution in [1.29, 1.82) is 0 Å². The molecule has 0 aromatic heterocycles. The zero-order valence-corrected chi connectivity index (χ0v) is 13.6. The summed E-state index contributed by atoms with van der Waals surface area (Å²) in [7, 11) is 0. The number of carbonyl (C=O) groups is 1. The van der Waals surface area contributed by atoms with Crippen LogP contribution in [0.1, 0.15) is 59.8 Å². The van der Waals surface area contributed by atoms with Crippen molar-refractivity contribution < 1.29 is 19.4 Å². The molecule has 1 rings (SSSR count). The lowest BCUT2D eigenvalue weighted by Crippen LogP contribution is -2.47. The average Bonchev–Trinajstić information content (AvgIpc) is 2.43. The summed E-state index contributed by atoms with van der Waals surface area (Å²) >= 11 is 0. The lowest BCUT2D eigenvalue weighted by atomic mass is 9.74. The van der Waals surface area contributed by atoms with Gasteiger partial charge in [0.1, 0.15) is 5.60 Å². The molecule has 1 aliphatic rings. The topological polar surface area (TPSA) is 55.8 Å². The van der Waals surface area contributed by atoms with E-state index in [1.807, 2.05) is 13.0 Å². The summed E-state index contributed by atoms with van der Waals surface area (Å²) < 4.78 is 10.4. The van der Waals surface area contributed by atoms with Crippen LogP contribution in [-0.4, -0.2) is 23.3 Å². The molecule has 0 aliphatic carbocycles. The number of carbonyl (C=O) groups excluding carboxylic acids is 1. The van der Waals surface area contributed by atoms with E-state index in [0.29, 0.717) is 6.61 Å². The van der Waals surface area contributed by atoms with Crippen LogP contribution < -0.4 is 0 Å². The van der Waals surface area contributed by atoms with E-state index in [0.717, 1.165) is 37.7 Å². The number of hydrogen-bond donors (Lipinski definition) is 1. The third-order valence-electron chi connectivity index (χ3n) is 4.18. The molecule has 21 heavy (non-hydrogen) atoms. The minimum Gasteiger partial charge on any atom is -0.481 e. The molecule has 0 saturated heterocycles. The summed E-state index contributed by atoms with van der Waals surface area (Å²) in [4.78, 5) is 11.3. The number of aliphatic hydroxyl groups excluding tert-OH is 1. The summed E-state index contributed by atoms with van der Waals surface area (Å²) in [5.74, 6) is 0.0290. The molecule has 2 atom stereocenters. The Morgan fingerprint density at radius 1 is 1.43 bits per heavy atom. The van der Waals surface area contributed by atoms with Gasteiger partial charge in [0.2, 0.25) is 0 Å². The number of rotatable bonds is 9. The molecule has 0 fully saturated rings. The lowest BCUT2D eigenvalue weighted by molar-refractivity contribution is -0.137. The highest BCUT2D eigenvalue weighted by molar-refractivity contribution is 5.81. The summed E-state index contributed by atoms with van der Waals surface area (Å²) in [5, 5.41) is 9.76. The smallest absolute Gasteiger partial charge is 0.330 e. The van der Waals surface area contributed by atoms with Gasteiger partial charge < -0.3 is 14.6 Å². The van der Waals surface area contributed by atoms with Crippen molar-refractivity contribution >= 4 is 5.97 Å². The van der Waals surface area contributed by atoms with E-state index in [-0.39, 0.29) is 17.8 Å². The van der Waals surface area contributed by atoms with Gasteiger partial charge in [-0.15, -0.1) is 0 Å². The molecule has 0 aromatic rings. The van der Waals surface area contributed by atoms with Crippen LogP contribution in [0.5, 0.6) is 0 Å². The summed E-state index contributed by atoms with van der Waals surface area (Å²) in [5.41, 5.74) is 0.605. The quantitative estimate of drug-likeness (QED) is 0.510. The predicted molar refractivity (Wildman–Crippen MR) is 82.8 cm³/mol. The first-order valence-electron chi connectivity index (χ1n) is 7.94. The first kappa shape index (κ1) is 17.6. The van der Waals surface area contributed by atoms with E-state index in [2.05, 4.69) is 13.8 Å². The van der Waals surface area contributed by atoms with Crippen LogP contribution in [0, 0.1) is 5.92 Å². The third kappa shape index (κ3) is 4.26. The molecule has 0 saturated carbocycles. The average molecular weight is 296 g/mol. The van der Waals surface area contributed by atoms with Gasteiger partial charge in [-0.2, -0.15) is 0 Å².